The van der Waals surface area contributed by atoms with Crippen molar-refractivity contribution >= 4 is 17.3 Å². The second-order valence-corrected chi connectivity index (χ2v) is 9.64. The number of methoxy groups -OCH3 is 2. The molecule has 0 amide bonds. The van der Waals surface area contributed by atoms with Gasteiger partial charge in [-0.1, -0.05) is 35.9 Å². The van der Waals surface area contributed by atoms with Crippen LogP contribution in [0.15, 0.2) is 96.1 Å². The maximum atomic E-state index is 6.58. The number of nitrogens with zero attached hydrogens (tertiary/aromatic N) is 2. The van der Waals surface area contributed by atoms with Crippen LogP contribution in [0.3, 0.4) is 0 Å². The molecule has 0 saturated carbocycles. The Balaban J connectivity index is 1.29. The number of hydrazone groups is 1. The molecule has 0 spiro atoms. The van der Waals surface area contributed by atoms with E-state index in [1.165, 1.54) is 0 Å². The van der Waals surface area contributed by atoms with Crippen molar-refractivity contribution in [3.05, 3.63) is 118 Å². The van der Waals surface area contributed by atoms with Crippen molar-refractivity contribution in [3.63, 3.8) is 0 Å². The summed E-state index contributed by atoms with van der Waals surface area (Å²) in [4.78, 5) is 0. The second kappa shape index (κ2) is 10.3. The van der Waals surface area contributed by atoms with Crippen LogP contribution in [-0.4, -0.2) is 24.9 Å². The number of hydrogen-bond acceptors (Lipinski definition) is 6. The lowest BCUT2D eigenvalue weighted by Crippen LogP contribution is -2.33. The summed E-state index contributed by atoms with van der Waals surface area (Å²) >= 11 is 5.99. The van der Waals surface area contributed by atoms with Gasteiger partial charge in [0, 0.05) is 22.6 Å². The zero-order chi connectivity index (χ0) is 26.1. The Morgan fingerprint density at radius 3 is 2.32 bits per heavy atom. The van der Waals surface area contributed by atoms with E-state index in [0.717, 1.165) is 51.6 Å². The Morgan fingerprint density at radius 1 is 0.868 bits per heavy atom. The summed E-state index contributed by atoms with van der Waals surface area (Å²) in [5.74, 6) is 3.07. The Hall–Kier alpha value is -4.16. The first-order valence-corrected chi connectivity index (χ1v) is 12.8. The summed E-state index contributed by atoms with van der Waals surface area (Å²) in [5, 5.41) is 7.83. The van der Waals surface area contributed by atoms with Crippen molar-refractivity contribution in [1.82, 2.24) is 5.01 Å². The van der Waals surface area contributed by atoms with Crippen LogP contribution in [0.2, 0.25) is 5.02 Å². The van der Waals surface area contributed by atoms with Crippen LogP contribution < -0.4 is 18.9 Å². The van der Waals surface area contributed by atoms with Crippen molar-refractivity contribution in [2.75, 3.05) is 14.2 Å². The van der Waals surface area contributed by atoms with E-state index in [0.29, 0.717) is 17.4 Å². The highest BCUT2D eigenvalue weighted by Gasteiger charge is 2.42. The molecule has 6 rings (SSSR count). The molecule has 38 heavy (non-hydrogen) atoms. The van der Waals surface area contributed by atoms with Crippen LogP contribution in [0.25, 0.3) is 0 Å². The van der Waals surface area contributed by atoms with Crippen LogP contribution in [-0.2, 0) is 6.61 Å². The van der Waals surface area contributed by atoms with E-state index in [9.17, 15) is 0 Å². The first-order chi connectivity index (χ1) is 18.6. The van der Waals surface area contributed by atoms with E-state index in [1.807, 2.05) is 84.9 Å². The van der Waals surface area contributed by atoms with E-state index in [-0.39, 0.29) is 6.04 Å². The Labute approximate surface area is 227 Å². The summed E-state index contributed by atoms with van der Waals surface area (Å²) in [6.45, 7) is 0.463. The summed E-state index contributed by atoms with van der Waals surface area (Å²) in [6, 6.07) is 29.7. The highest BCUT2D eigenvalue weighted by molar-refractivity contribution is 6.30. The lowest BCUT2D eigenvalue weighted by molar-refractivity contribution is -0.0209. The Kier molecular flexibility index (Phi) is 6.56. The van der Waals surface area contributed by atoms with Crippen molar-refractivity contribution in [2.45, 2.75) is 25.3 Å². The normalized spacial score (nSPS) is 17.7. The van der Waals surface area contributed by atoms with E-state index in [1.54, 1.807) is 14.2 Å². The molecule has 4 aromatic carbocycles. The Morgan fingerprint density at radius 2 is 1.61 bits per heavy atom. The zero-order valence-corrected chi connectivity index (χ0v) is 21.9. The first-order valence-electron chi connectivity index (χ1n) is 12.4. The molecule has 2 aliphatic heterocycles. The molecule has 2 atom stereocenters. The molecule has 0 aromatic heterocycles. The number of halogens is 1. The van der Waals surface area contributed by atoms with Gasteiger partial charge in [0.15, 0.2) is 11.5 Å². The Bertz CT molecular complexity index is 1450. The molecule has 7 heteroatoms. The predicted octanol–water partition coefficient (Wildman–Crippen LogP) is 7.18. The summed E-state index contributed by atoms with van der Waals surface area (Å²) in [6.07, 6.45) is 0.346. The van der Waals surface area contributed by atoms with Crippen molar-refractivity contribution in [1.29, 1.82) is 0 Å². The summed E-state index contributed by atoms with van der Waals surface area (Å²) in [7, 11) is 3.34. The largest absolute Gasteiger partial charge is 0.497 e. The topological polar surface area (TPSA) is 52.5 Å². The van der Waals surface area contributed by atoms with Gasteiger partial charge >= 0.3 is 0 Å². The summed E-state index contributed by atoms with van der Waals surface area (Å²) < 4.78 is 23.6. The molecule has 0 unspecified atom stereocenters. The van der Waals surface area contributed by atoms with Crippen LogP contribution >= 0.6 is 11.6 Å². The smallest absolute Gasteiger partial charge is 0.214 e. The molecule has 2 heterocycles. The lowest BCUT2D eigenvalue weighted by Gasteiger charge is -2.38. The molecule has 2 aliphatic rings. The van der Waals surface area contributed by atoms with E-state index in [2.05, 4.69) is 11.1 Å². The molecule has 0 bridgehead atoms. The van der Waals surface area contributed by atoms with Gasteiger partial charge in [-0.2, -0.15) is 5.10 Å². The number of ether oxygens (including phenoxy) is 4. The molecule has 0 aliphatic carbocycles. The third-order valence-corrected chi connectivity index (χ3v) is 7.16. The van der Waals surface area contributed by atoms with Gasteiger partial charge in [0.1, 0.15) is 18.1 Å². The fourth-order valence-corrected chi connectivity index (χ4v) is 5.02. The number of para-hydroxylation sites is 1. The minimum absolute atomic E-state index is 0.0248. The quantitative estimate of drug-likeness (QED) is 0.255. The SMILES string of the molecule is COc1ccc(C2=NN3[C@H](C2)c2cccc(OC)c2O[C@H]3c2ccc(OCc3ccc(Cl)cc3)cc2)cc1. The number of benzene rings is 4. The molecule has 0 radical (unpaired) electrons. The number of rotatable bonds is 7. The predicted molar refractivity (Wildman–Crippen MR) is 147 cm³/mol. The van der Waals surface area contributed by atoms with Crippen LogP contribution in [0, 0.1) is 0 Å². The van der Waals surface area contributed by atoms with E-state index < -0.39 is 6.23 Å². The third-order valence-electron chi connectivity index (χ3n) is 6.91. The second-order valence-electron chi connectivity index (χ2n) is 9.21. The average Bonchev–Trinajstić information content (AvgIpc) is 3.42. The van der Waals surface area contributed by atoms with Crippen molar-refractivity contribution in [2.24, 2.45) is 5.10 Å². The maximum Gasteiger partial charge on any atom is 0.214 e. The van der Waals surface area contributed by atoms with Gasteiger partial charge in [-0.3, -0.25) is 0 Å². The number of fused-ring (bicyclic) bond motifs is 3. The molecular weight excluding hydrogens is 500 g/mol. The minimum atomic E-state index is -0.412. The van der Waals surface area contributed by atoms with E-state index in [4.69, 9.17) is 35.6 Å². The molecule has 4 aromatic rings. The highest BCUT2D eigenvalue weighted by atomic mass is 35.5. The molecule has 0 fully saturated rings. The lowest BCUT2D eigenvalue weighted by atomic mass is 9.95. The fraction of sp³-hybridized carbons (Fsp3) is 0.194. The maximum absolute atomic E-state index is 6.58. The van der Waals surface area contributed by atoms with Crippen LogP contribution in [0.5, 0.6) is 23.0 Å². The van der Waals surface area contributed by atoms with Gasteiger partial charge in [0.2, 0.25) is 6.23 Å². The fourth-order valence-electron chi connectivity index (χ4n) is 4.90. The van der Waals surface area contributed by atoms with Gasteiger partial charge in [-0.15, -0.1) is 0 Å². The number of hydrogen-bond donors (Lipinski definition) is 0. The third kappa shape index (κ3) is 4.63. The zero-order valence-electron chi connectivity index (χ0n) is 21.1. The standard InChI is InChI=1S/C31H27ClN2O4/c1-35-24-14-8-21(9-15-24)27-18-28-26-4-3-5-29(36-2)30(26)38-31(34(28)33-27)22-10-16-25(17-11-22)37-19-20-6-12-23(32)13-7-20/h3-17,28,31H,18-19H2,1-2H3/t28-,31+/m1/s1. The summed E-state index contributed by atoms with van der Waals surface area (Å²) in [5.41, 5.74) is 5.16. The highest BCUT2D eigenvalue weighted by Crippen LogP contribution is 2.50. The van der Waals surface area contributed by atoms with Crippen LogP contribution in [0.4, 0.5) is 0 Å². The van der Waals surface area contributed by atoms with Crippen molar-refractivity contribution < 1.29 is 18.9 Å². The molecular formula is C31H27ClN2O4. The van der Waals surface area contributed by atoms with Gasteiger partial charge in [-0.05, 0) is 77.9 Å². The van der Waals surface area contributed by atoms with Gasteiger partial charge in [0.25, 0.3) is 0 Å². The average molecular weight is 527 g/mol. The van der Waals surface area contributed by atoms with Gasteiger partial charge in [-0.25, -0.2) is 5.01 Å². The first kappa shape index (κ1) is 24.2. The minimum Gasteiger partial charge on any atom is -0.497 e. The van der Waals surface area contributed by atoms with Crippen molar-refractivity contribution in [3.8, 4) is 23.0 Å². The monoisotopic (exact) mass is 526 g/mol. The van der Waals surface area contributed by atoms with Gasteiger partial charge < -0.3 is 18.9 Å². The molecule has 0 saturated heterocycles. The molecule has 0 N–H and O–H groups in total. The van der Waals surface area contributed by atoms with E-state index >= 15 is 0 Å². The molecule has 192 valence electrons. The van der Waals surface area contributed by atoms with Crippen LogP contribution in [0.1, 0.15) is 40.9 Å². The van der Waals surface area contributed by atoms with Gasteiger partial charge in [0.05, 0.1) is 26.0 Å². The molecule has 6 nitrogen and oxygen atoms in total.